The molecule has 2 aromatic carbocycles. The molecule has 2 N–H and O–H groups in total. The second-order valence-corrected chi connectivity index (χ2v) is 7.18. The molecule has 3 aromatic rings. The summed E-state index contributed by atoms with van der Waals surface area (Å²) in [5.74, 6) is -0.0725. The van der Waals surface area contributed by atoms with Gasteiger partial charge in [0.15, 0.2) is 0 Å². The molecule has 0 atom stereocenters. The first-order valence-corrected chi connectivity index (χ1v) is 9.34. The maximum Gasteiger partial charge on any atom is 0.307 e. The van der Waals surface area contributed by atoms with Gasteiger partial charge in [0.05, 0.1) is 10.6 Å². The third-order valence-corrected chi connectivity index (χ3v) is 5.51. The minimum Gasteiger partial charge on any atom is -0.493 e. The average molecular weight is 362 g/mol. The van der Waals surface area contributed by atoms with Crippen molar-refractivity contribution in [2.75, 3.05) is 0 Å². The van der Waals surface area contributed by atoms with Gasteiger partial charge in [-0.1, -0.05) is 54.7 Å². The maximum absolute atomic E-state index is 11.8. The van der Waals surface area contributed by atoms with Crippen molar-refractivity contribution in [3.63, 3.8) is 0 Å². The third kappa shape index (κ3) is 3.02. The number of fused-ring (bicyclic) bond motifs is 1. The monoisotopic (exact) mass is 362 g/mol. The van der Waals surface area contributed by atoms with Crippen molar-refractivity contribution < 1.29 is 5.11 Å². The topological polar surface area (TPSA) is 65.5 Å². The van der Waals surface area contributed by atoms with Crippen molar-refractivity contribution in [2.24, 2.45) is 4.99 Å². The van der Waals surface area contributed by atoms with Gasteiger partial charge >= 0.3 is 4.87 Å². The largest absolute Gasteiger partial charge is 0.493 e. The number of aromatic amines is 1. The molecule has 0 unspecified atom stereocenters. The lowest BCUT2D eigenvalue weighted by Gasteiger charge is -2.08. The van der Waals surface area contributed by atoms with E-state index in [0.717, 1.165) is 45.0 Å². The van der Waals surface area contributed by atoms with Crippen molar-refractivity contribution in [1.29, 1.82) is 0 Å². The number of hydrogen-bond donors (Lipinski definition) is 2. The highest BCUT2D eigenvalue weighted by Crippen LogP contribution is 2.27. The van der Waals surface area contributed by atoms with Crippen molar-refractivity contribution >= 4 is 34.9 Å². The molecule has 0 saturated carbocycles. The minimum absolute atomic E-state index is 0.0725. The number of aliphatic imine (C=N–C) groups is 1. The third-order valence-electron chi connectivity index (χ3n) is 4.58. The predicted octanol–water partition coefficient (Wildman–Crippen LogP) is 2.64. The van der Waals surface area contributed by atoms with Crippen molar-refractivity contribution in [3.05, 3.63) is 78.6 Å². The van der Waals surface area contributed by atoms with Gasteiger partial charge in [0.25, 0.3) is 0 Å². The van der Waals surface area contributed by atoms with Gasteiger partial charge in [-0.2, -0.15) is 0 Å². The number of hydrogen-bond acceptors (Lipinski definition) is 4. The van der Waals surface area contributed by atoms with E-state index >= 15 is 0 Å². The summed E-state index contributed by atoms with van der Waals surface area (Å²) in [4.78, 5) is 19.0. The van der Waals surface area contributed by atoms with Crippen LogP contribution in [0.15, 0.2) is 52.3 Å². The lowest BCUT2D eigenvalue weighted by molar-refractivity contribution is 0.454. The number of H-pyrrole nitrogens is 1. The number of aryl methyl sites for hydroxylation is 1. The SMILES string of the molecule is CCc1ccc(CC(c2sc(=O)[nH]c2O)=c2cccc3c2=CC=N3)cc1. The van der Waals surface area contributed by atoms with E-state index < -0.39 is 0 Å². The number of rotatable bonds is 4. The summed E-state index contributed by atoms with van der Waals surface area (Å²) in [6, 6.07) is 14.4. The van der Waals surface area contributed by atoms with Gasteiger partial charge in [0.1, 0.15) is 0 Å². The van der Waals surface area contributed by atoms with Crippen LogP contribution < -0.4 is 15.3 Å². The Morgan fingerprint density at radius 2 is 1.92 bits per heavy atom. The summed E-state index contributed by atoms with van der Waals surface area (Å²) in [7, 11) is 0. The highest BCUT2D eigenvalue weighted by molar-refractivity contribution is 7.10. The van der Waals surface area contributed by atoms with E-state index in [4.69, 9.17) is 0 Å². The molecule has 4 nitrogen and oxygen atoms in total. The fourth-order valence-electron chi connectivity index (χ4n) is 3.22. The Bertz CT molecular complexity index is 1170. The zero-order valence-electron chi connectivity index (χ0n) is 14.3. The zero-order chi connectivity index (χ0) is 18.1. The van der Waals surface area contributed by atoms with Gasteiger partial charge in [-0.15, -0.1) is 0 Å². The van der Waals surface area contributed by atoms with Crippen LogP contribution in [0.3, 0.4) is 0 Å². The molecule has 1 aliphatic rings. The first-order valence-electron chi connectivity index (χ1n) is 8.52. The van der Waals surface area contributed by atoms with E-state index in [0.29, 0.717) is 11.3 Å². The van der Waals surface area contributed by atoms with E-state index in [-0.39, 0.29) is 10.8 Å². The first kappa shape index (κ1) is 16.5. The number of thiazole rings is 1. The molecule has 26 heavy (non-hydrogen) atoms. The number of nitrogens with one attached hydrogen (secondary N) is 1. The van der Waals surface area contributed by atoms with Gasteiger partial charge in [0.2, 0.25) is 5.88 Å². The van der Waals surface area contributed by atoms with E-state index in [1.165, 1.54) is 5.56 Å². The summed E-state index contributed by atoms with van der Waals surface area (Å²) < 4.78 is 0. The van der Waals surface area contributed by atoms with Crippen LogP contribution in [0.5, 0.6) is 5.88 Å². The van der Waals surface area contributed by atoms with Crippen molar-refractivity contribution in [1.82, 2.24) is 4.98 Å². The molecule has 1 aliphatic heterocycles. The second kappa shape index (κ2) is 6.77. The van der Waals surface area contributed by atoms with Crippen LogP contribution in [-0.4, -0.2) is 16.3 Å². The molecule has 0 bridgehead atoms. The van der Waals surface area contributed by atoms with E-state index in [1.807, 2.05) is 24.3 Å². The molecular formula is C21H18N2O2S. The van der Waals surface area contributed by atoms with Crippen LogP contribution in [0, 0.1) is 0 Å². The Morgan fingerprint density at radius 3 is 2.62 bits per heavy atom. The van der Waals surface area contributed by atoms with Crippen molar-refractivity contribution in [2.45, 2.75) is 19.8 Å². The minimum atomic E-state index is -0.260. The van der Waals surface area contributed by atoms with Crippen LogP contribution in [0.2, 0.25) is 0 Å². The molecule has 130 valence electrons. The predicted molar refractivity (Wildman–Crippen MR) is 107 cm³/mol. The number of benzene rings is 2. The average Bonchev–Trinajstić information content (AvgIpc) is 3.26. The van der Waals surface area contributed by atoms with E-state index in [9.17, 15) is 9.90 Å². The highest BCUT2D eigenvalue weighted by Gasteiger charge is 2.15. The fraction of sp³-hybridized carbons (Fsp3) is 0.143. The molecule has 4 rings (SSSR count). The quantitative estimate of drug-likeness (QED) is 0.749. The maximum atomic E-state index is 11.8. The van der Waals surface area contributed by atoms with Crippen LogP contribution in [-0.2, 0) is 12.8 Å². The number of aromatic nitrogens is 1. The highest BCUT2D eigenvalue weighted by atomic mass is 32.1. The standard InChI is InChI=1S/C21H18N2O2S/c1-2-13-6-8-14(9-7-13)12-17(19-20(24)23-21(25)26-19)15-4-3-5-18-16(15)10-11-22-18/h3-11,24H,2,12H2,1H3,(H,23,25). The molecule has 0 aliphatic carbocycles. The molecule has 2 heterocycles. The molecule has 0 amide bonds. The Hall–Kier alpha value is -2.92. The molecular weight excluding hydrogens is 344 g/mol. The first-order chi connectivity index (χ1) is 12.7. The number of aromatic hydroxyl groups is 1. The molecule has 1 aromatic heterocycles. The van der Waals surface area contributed by atoms with Gasteiger partial charge in [-0.25, -0.2) is 0 Å². The van der Waals surface area contributed by atoms with Crippen LogP contribution in [0.4, 0.5) is 5.69 Å². The van der Waals surface area contributed by atoms with Crippen LogP contribution in [0.1, 0.15) is 22.9 Å². The summed E-state index contributed by atoms with van der Waals surface area (Å²) in [6.45, 7) is 2.13. The summed E-state index contributed by atoms with van der Waals surface area (Å²) in [5.41, 5.74) is 4.25. The Kier molecular flexibility index (Phi) is 4.31. The second-order valence-electron chi connectivity index (χ2n) is 6.20. The molecule has 5 heteroatoms. The Balaban J connectivity index is 1.94. The lowest BCUT2D eigenvalue weighted by Crippen LogP contribution is -2.27. The Labute approximate surface area is 154 Å². The van der Waals surface area contributed by atoms with Gasteiger partial charge in [-0.05, 0) is 46.9 Å². The molecule has 0 fully saturated rings. The van der Waals surface area contributed by atoms with Gasteiger partial charge < -0.3 is 5.11 Å². The summed E-state index contributed by atoms with van der Waals surface area (Å²) >= 11 is 1.04. The van der Waals surface area contributed by atoms with Crippen LogP contribution >= 0.6 is 11.3 Å². The normalized spacial score (nSPS) is 13.4. The van der Waals surface area contributed by atoms with Gasteiger partial charge in [0, 0.05) is 11.4 Å². The number of nitrogens with zero attached hydrogens (tertiary/aromatic N) is 1. The van der Waals surface area contributed by atoms with Gasteiger partial charge in [-0.3, -0.25) is 14.8 Å². The van der Waals surface area contributed by atoms with Crippen molar-refractivity contribution in [3.8, 4) is 5.88 Å². The van der Waals surface area contributed by atoms with Crippen LogP contribution in [0.25, 0.3) is 11.6 Å². The summed E-state index contributed by atoms with van der Waals surface area (Å²) in [6.07, 6.45) is 5.36. The molecule has 0 spiro atoms. The van der Waals surface area contributed by atoms with E-state index in [1.54, 1.807) is 6.21 Å². The lowest BCUT2D eigenvalue weighted by atomic mass is 9.99. The smallest absolute Gasteiger partial charge is 0.307 e. The zero-order valence-corrected chi connectivity index (χ0v) is 15.1. The van der Waals surface area contributed by atoms with E-state index in [2.05, 4.69) is 41.2 Å². The fourth-order valence-corrected chi connectivity index (χ4v) is 4.00. The molecule has 0 radical (unpaired) electrons. The summed E-state index contributed by atoms with van der Waals surface area (Å²) in [5, 5.41) is 12.3. The molecule has 0 saturated heterocycles. The Morgan fingerprint density at radius 1 is 1.15 bits per heavy atom.